The van der Waals surface area contributed by atoms with Crippen LogP contribution >= 0.6 is 0 Å². The number of aliphatic hydroxyl groups excluding tert-OH is 1. The van der Waals surface area contributed by atoms with Crippen molar-refractivity contribution in [2.24, 2.45) is 56.2 Å². The molecule has 5 fully saturated rings. The van der Waals surface area contributed by atoms with Crippen LogP contribution in [-0.4, -0.2) is 26.1 Å². The molecule has 5 saturated carbocycles. The smallest absolute Gasteiger partial charge is 0.192 e. The first-order valence-electron chi connectivity index (χ1n) is 17.1. The van der Waals surface area contributed by atoms with Gasteiger partial charge in [0.15, 0.2) is 8.32 Å². The summed E-state index contributed by atoms with van der Waals surface area (Å²) in [5.41, 5.74) is 3.06. The number of allylic oxidation sites excluding steroid dienone is 1. The lowest BCUT2D eigenvalue weighted by Gasteiger charge is -2.76. The molecule has 0 aliphatic heterocycles. The lowest BCUT2D eigenvalue weighted by Crippen LogP contribution is -2.70. The van der Waals surface area contributed by atoms with Crippen LogP contribution in [0.1, 0.15) is 133 Å². The van der Waals surface area contributed by atoms with Gasteiger partial charge in [-0.05, 0) is 145 Å². The van der Waals surface area contributed by atoms with E-state index >= 15 is 0 Å². The van der Waals surface area contributed by atoms with E-state index in [1.165, 1.54) is 63.4 Å². The number of fused-ring (bicyclic) bond motifs is 7. The molecule has 0 amide bonds. The molecule has 0 saturated heterocycles. The van der Waals surface area contributed by atoms with E-state index in [1.54, 1.807) is 0 Å². The molecule has 5 aliphatic rings. The SMILES string of the molecule is C=C(C)C1CC[C@]2(CO[Si](C)(C)C(C)(C)C)CC[C@]3(C)[C@](C)(CC[C@@H]4[C@@]5(C)CC[C@H](O)C(C)(C)C5CC[C@]43C)C12. The largest absolute Gasteiger partial charge is 0.416 e. The molecule has 2 nitrogen and oxygen atoms in total. The van der Waals surface area contributed by atoms with E-state index in [-0.39, 0.29) is 16.6 Å². The topological polar surface area (TPSA) is 29.5 Å². The Morgan fingerprint density at radius 3 is 2.02 bits per heavy atom. The van der Waals surface area contributed by atoms with Gasteiger partial charge in [-0.1, -0.05) is 74.5 Å². The molecule has 0 bridgehead atoms. The zero-order valence-corrected chi connectivity index (χ0v) is 29.7. The summed E-state index contributed by atoms with van der Waals surface area (Å²) in [6, 6.07) is 0. The average molecular weight is 571 g/mol. The van der Waals surface area contributed by atoms with Gasteiger partial charge in [-0.25, -0.2) is 0 Å². The molecular formula is C37H66O2Si. The van der Waals surface area contributed by atoms with Crippen molar-refractivity contribution in [1.82, 2.24) is 0 Å². The minimum absolute atomic E-state index is 0.0231. The summed E-state index contributed by atoms with van der Waals surface area (Å²) in [7, 11) is -1.82. The normalized spacial score (nSPS) is 50.4. The van der Waals surface area contributed by atoms with Gasteiger partial charge in [-0.15, -0.1) is 0 Å². The number of rotatable bonds is 4. The third kappa shape index (κ3) is 3.90. The molecule has 0 aromatic heterocycles. The number of hydrogen-bond acceptors (Lipinski definition) is 2. The van der Waals surface area contributed by atoms with Gasteiger partial charge in [0.25, 0.3) is 0 Å². The van der Waals surface area contributed by atoms with E-state index in [2.05, 4.69) is 88.9 Å². The Bertz CT molecular complexity index is 1020. The first kappa shape index (κ1) is 31.3. The van der Waals surface area contributed by atoms with Crippen LogP contribution in [0.15, 0.2) is 12.2 Å². The molecule has 5 rings (SSSR count). The van der Waals surface area contributed by atoms with E-state index in [9.17, 15) is 5.11 Å². The zero-order valence-electron chi connectivity index (χ0n) is 28.7. The summed E-state index contributed by atoms with van der Waals surface area (Å²) in [5.74, 6) is 2.69. The molecule has 5 aliphatic carbocycles. The van der Waals surface area contributed by atoms with Crippen LogP contribution < -0.4 is 0 Å². The molecule has 40 heavy (non-hydrogen) atoms. The van der Waals surface area contributed by atoms with Gasteiger partial charge in [0, 0.05) is 6.61 Å². The van der Waals surface area contributed by atoms with Crippen LogP contribution in [0.3, 0.4) is 0 Å². The second-order valence-electron chi connectivity index (χ2n) is 19.1. The highest BCUT2D eigenvalue weighted by atomic mass is 28.4. The molecule has 0 heterocycles. The first-order valence-corrected chi connectivity index (χ1v) is 20.0. The highest BCUT2D eigenvalue weighted by Crippen LogP contribution is 2.81. The van der Waals surface area contributed by atoms with Crippen molar-refractivity contribution >= 4 is 8.32 Å². The molecule has 230 valence electrons. The maximum Gasteiger partial charge on any atom is 0.192 e. The third-order valence-electron chi connectivity index (χ3n) is 16.5. The van der Waals surface area contributed by atoms with Crippen molar-refractivity contribution in [1.29, 1.82) is 0 Å². The Morgan fingerprint density at radius 2 is 1.43 bits per heavy atom. The van der Waals surface area contributed by atoms with Gasteiger partial charge in [-0.3, -0.25) is 0 Å². The highest BCUT2D eigenvalue weighted by molar-refractivity contribution is 6.74. The fourth-order valence-electron chi connectivity index (χ4n) is 12.7. The minimum Gasteiger partial charge on any atom is -0.416 e. The van der Waals surface area contributed by atoms with E-state index < -0.39 is 8.32 Å². The van der Waals surface area contributed by atoms with Gasteiger partial charge in [0.2, 0.25) is 0 Å². The van der Waals surface area contributed by atoms with Gasteiger partial charge in [-0.2, -0.15) is 0 Å². The molecule has 3 heteroatoms. The van der Waals surface area contributed by atoms with Crippen LogP contribution in [0.4, 0.5) is 0 Å². The Hall–Kier alpha value is -0.123. The molecule has 10 atom stereocenters. The summed E-state index contributed by atoms with van der Waals surface area (Å²) < 4.78 is 7.16. The summed E-state index contributed by atoms with van der Waals surface area (Å²) in [6.07, 6.45) is 12.7. The van der Waals surface area contributed by atoms with E-state index in [4.69, 9.17) is 4.43 Å². The second kappa shape index (κ2) is 9.20. The molecule has 0 aromatic carbocycles. The molecule has 0 aromatic rings. The molecule has 0 radical (unpaired) electrons. The van der Waals surface area contributed by atoms with Crippen molar-refractivity contribution in [3.63, 3.8) is 0 Å². The van der Waals surface area contributed by atoms with Crippen molar-refractivity contribution in [2.45, 2.75) is 158 Å². The number of aliphatic hydroxyl groups is 1. The van der Waals surface area contributed by atoms with Crippen molar-refractivity contribution in [2.75, 3.05) is 6.61 Å². The maximum absolute atomic E-state index is 11.1. The van der Waals surface area contributed by atoms with E-state index in [1.807, 2.05) is 0 Å². The minimum atomic E-state index is -1.82. The van der Waals surface area contributed by atoms with E-state index in [0.29, 0.717) is 44.8 Å². The Balaban J connectivity index is 1.54. The zero-order chi connectivity index (χ0) is 29.9. The summed E-state index contributed by atoms with van der Waals surface area (Å²) in [5, 5.41) is 11.3. The highest BCUT2D eigenvalue weighted by Gasteiger charge is 2.74. The van der Waals surface area contributed by atoms with Gasteiger partial charge in [0.1, 0.15) is 0 Å². The van der Waals surface area contributed by atoms with Crippen LogP contribution in [0, 0.1) is 56.2 Å². The Morgan fingerprint density at radius 1 is 0.825 bits per heavy atom. The predicted molar refractivity (Wildman–Crippen MR) is 173 cm³/mol. The van der Waals surface area contributed by atoms with Gasteiger partial charge >= 0.3 is 0 Å². The van der Waals surface area contributed by atoms with Crippen molar-refractivity contribution < 1.29 is 9.53 Å². The van der Waals surface area contributed by atoms with Crippen LogP contribution in [0.2, 0.25) is 18.1 Å². The quantitative estimate of drug-likeness (QED) is 0.269. The lowest BCUT2D eigenvalue weighted by atomic mass is 9.29. The summed E-state index contributed by atoms with van der Waals surface area (Å²) in [4.78, 5) is 0. The fraction of sp³-hybridized carbons (Fsp3) is 0.946. The van der Waals surface area contributed by atoms with Crippen LogP contribution in [0.25, 0.3) is 0 Å². The second-order valence-corrected chi connectivity index (χ2v) is 23.9. The van der Waals surface area contributed by atoms with Crippen LogP contribution in [-0.2, 0) is 4.43 Å². The molecule has 0 spiro atoms. The number of hydrogen-bond donors (Lipinski definition) is 1. The van der Waals surface area contributed by atoms with E-state index in [0.717, 1.165) is 18.9 Å². The van der Waals surface area contributed by atoms with Crippen molar-refractivity contribution in [3.05, 3.63) is 12.2 Å². The van der Waals surface area contributed by atoms with Gasteiger partial charge in [0.05, 0.1) is 6.10 Å². The Kier molecular flexibility index (Phi) is 7.20. The standard InChI is InChI=1S/C37H66O2Si/c1-25(2)26-14-21-37(24-39-40(12,13)31(3,4)5)23-22-36(11)34(9)19-15-27-32(6,7)29(38)17-18-33(27,8)28(34)16-20-35(36,10)30(26)37/h26-30,38H,1,14-24H2,2-13H3/t26?,27?,28-,29+,30?,33+,34-,35-,36+,37-/m1/s1. The average Bonchev–Trinajstić information content (AvgIpc) is 3.23. The Labute approximate surface area is 250 Å². The molecule has 3 unspecified atom stereocenters. The maximum atomic E-state index is 11.1. The van der Waals surface area contributed by atoms with Crippen molar-refractivity contribution in [3.8, 4) is 0 Å². The van der Waals surface area contributed by atoms with Crippen LogP contribution in [0.5, 0.6) is 0 Å². The first-order chi connectivity index (χ1) is 18.1. The summed E-state index contributed by atoms with van der Waals surface area (Å²) in [6.45, 7) is 35.7. The fourth-order valence-corrected chi connectivity index (χ4v) is 13.8. The van der Waals surface area contributed by atoms with Gasteiger partial charge < -0.3 is 9.53 Å². The third-order valence-corrected chi connectivity index (χ3v) is 21.0. The summed E-state index contributed by atoms with van der Waals surface area (Å²) >= 11 is 0. The lowest BCUT2D eigenvalue weighted by molar-refractivity contribution is -0.279. The monoisotopic (exact) mass is 570 g/mol. The molecule has 1 N–H and O–H groups in total. The predicted octanol–water partition coefficient (Wildman–Crippen LogP) is 10.4. The molecular weight excluding hydrogens is 504 g/mol.